The van der Waals surface area contributed by atoms with Crippen LogP contribution in [0.25, 0.3) is 11.1 Å². The summed E-state index contributed by atoms with van der Waals surface area (Å²) in [6.07, 6.45) is 0.470. The SMILES string of the molecule is FC1CCN(c2nc3ccccc3o2)CC1. The Morgan fingerprint density at radius 3 is 2.75 bits per heavy atom. The first-order valence-corrected chi connectivity index (χ1v) is 5.57. The second kappa shape index (κ2) is 3.77. The first-order valence-electron chi connectivity index (χ1n) is 5.57. The number of hydrogen-bond donors (Lipinski definition) is 0. The number of alkyl halides is 1. The third-order valence-corrected chi connectivity index (χ3v) is 2.98. The topological polar surface area (TPSA) is 29.3 Å². The van der Waals surface area contributed by atoms with Gasteiger partial charge < -0.3 is 9.32 Å². The molecule has 1 fully saturated rings. The highest BCUT2D eigenvalue weighted by molar-refractivity contribution is 5.74. The van der Waals surface area contributed by atoms with Gasteiger partial charge in [0.1, 0.15) is 11.7 Å². The number of fused-ring (bicyclic) bond motifs is 1. The van der Waals surface area contributed by atoms with Gasteiger partial charge in [-0.1, -0.05) is 12.1 Å². The quantitative estimate of drug-likeness (QED) is 0.740. The van der Waals surface area contributed by atoms with Gasteiger partial charge in [0, 0.05) is 13.1 Å². The largest absolute Gasteiger partial charge is 0.423 e. The molecule has 1 aliphatic heterocycles. The summed E-state index contributed by atoms with van der Waals surface area (Å²) in [6.45, 7) is 1.38. The highest BCUT2D eigenvalue weighted by Crippen LogP contribution is 2.24. The minimum Gasteiger partial charge on any atom is -0.423 e. The lowest BCUT2D eigenvalue weighted by molar-refractivity contribution is 0.273. The predicted molar refractivity (Wildman–Crippen MR) is 60.4 cm³/mol. The summed E-state index contributed by atoms with van der Waals surface area (Å²) < 4.78 is 18.6. The van der Waals surface area contributed by atoms with E-state index >= 15 is 0 Å². The lowest BCUT2D eigenvalue weighted by atomic mass is 10.1. The van der Waals surface area contributed by atoms with E-state index < -0.39 is 6.17 Å². The van der Waals surface area contributed by atoms with Crippen LogP contribution in [-0.2, 0) is 0 Å². The van der Waals surface area contributed by atoms with Gasteiger partial charge in [0.05, 0.1) is 0 Å². The molecule has 4 heteroatoms. The molecule has 0 bridgehead atoms. The maximum absolute atomic E-state index is 13.0. The number of hydrogen-bond acceptors (Lipinski definition) is 3. The Morgan fingerprint density at radius 2 is 2.00 bits per heavy atom. The minimum atomic E-state index is -0.666. The molecule has 0 radical (unpaired) electrons. The molecule has 3 nitrogen and oxygen atoms in total. The van der Waals surface area contributed by atoms with Gasteiger partial charge in [-0.2, -0.15) is 4.98 Å². The van der Waals surface area contributed by atoms with Crippen LogP contribution in [0.2, 0.25) is 0 Å². The van der Waals surface area contributed by atoms with Crippen molar-refractivity contribution >= 4 is 17.1 Å². The van der Waals surface area contributed by atoms with Crippen LogP contribution in [0.5, 0.6) is 0 Å². The summed E-state index contributed by atoms with van der Waals surface area (Å²) >= 11 is 0. The minimum absolute atomic E-state index is 0.568. The maximum atomic E-state index is 13.0. The van der Waals surface area contributed by atoms with Gasteiger partial charge in [0.2, 0.25) is 0 Å². The van der Waals surface area contributed by atoms with E-state index in [-0.39, 0.29) is 0 Å². The van der Waals surface area contributed by atoms with Gasteiger partial charge >= 0.3 is 0 Å². The van der Waals surface area contributed by atoms with Crippen molar-refractivity contribution in [2.45, 2.75) is 19.0 Å². The number of aromatic nitrogens is 1. The summed E-state index contributed by atoms with van der Waals surface area (Å²) in [5.41, 5.74) is 1.65. The van der Waals surface area contributed by atoms with E-state index in [1.165, 1.54) is 0 Å². The average Bonchev–Trinajstić information content (AvgIpc) is 2.73. The monoisotopic (exact) mass is 220 g/mol. The third kappa shape index (κ3) is 1.64. The number of rotatable bonds is 1. The van der Waals surface area contributed by atoms with Crippen molar-refractivity contribution in [1.29, 1.82) is 0 Å². The number of para-hydroxylation sites is 2. The Hall–Kier alpha value is -1.58. The number of anilines is 1. The van der Waals surface area contributed by atoms with Crippen LogP contribution >= 0.6 is 0 Å². The molecule has 0 unspecified atom stereocenters. The first kappa shape index (κ1) is 9.63. The fraction of sp³-hybridized carbons (Fsp3) is 0.417. The van der Waals surface area contributed by atoms with Crippen LogP contribution in [0.15, 0.2) is 28.7 Å². The molecule has 0 spiro atoms. The lowest BCUT2D eigenvalue weighted by Gasteiger charge is -2.26. The zero-order valence-corrected chi connectivity index (χ0v) is 8.90. The Bertz CT molecular complexity index is 455. The second-order valence-corrected chi connectivity index (χ2v) is 4.13. The molecule has 84 valence electrons. The zero-order chi connectivity index (χ0) is 11.0. The van der Waals surface area contributed by atoms with Crippen LogP contribution in [0.3, 0.4) is 0 Å². The molecule has 1 aromatic heterocycles. The van der Waals surface area contributed by atoms with Crippen molar-refractivity contribution in [2.24, 2.45) is 0 Å². The number of oxazole rings is 1. The molecular formula is C12H13FN2O. The first-order chi connectivity index (χ1) is 7.83. The molecule has 2 heterocycles. The Morgan fingerprint density at radius 1 is 1.25 bits per heavy atom. The van der Waals surface area contributed by atoms with Gasteiger partial charge in [-0.3, -0.25) is 0 Å². The van der Waals surface area contributed by atoms with E-state index in [2.05, 4.69) is 4.98 Å². The van der Waals surface area contributed by atoms with E-state index in [1.54, 1.807) is 0 Å². The van der Waals surface area contributed by atoms with Crippen molar-refractivity contribution in [3.63, 3.8) is 0 Å². The van der Waals surface area contributed by atoms with Crippen LogP contribution in [0.4, 0.5) is 10.4 Å². The van der Waals surface area contributed by atoms with Gasteiger partial charge in [-0.05, 0) is 25.0 Å². The van der Waals surface area contributed by atoms with Crippen molar-refractivity contribution < 1.29 is 8.81 Å². The summed E-state index contributed by atoms with van der Waals surface area (Å²) in [5.74, 6) is 0. The molecule has 0 N–H and O–H groups in total. The summed E-state index contributed by atoms with van der Waals surface area (Å²) in [4.78, 5) is 6.41. The summed E-state index contributed by atoms with van der Waals surface area (Å²) in [5, 5.41) is 0. The van der Waals surface area contributed by atoms with Crippen LogP contribution < -0.4 is 4.90 Å². The zero-order valence-electron chi connectivity index (χ0n) is 8.90. The van der Waals surface area contributed by atoms with E-state index in [1.807, 2.05) is 29.2 Å². The standard InChI is InChI=1S/C12H13FN2O/c13-9-5-7-15(8-6-9)12-14-10-3-1-2-4-11(10)16-12/h1-4,9H,5-8H2. The summed E-state index contributed by atoms with van der Waals surface area (Å²) in [7, 11) is 0. The normalized spacial score (nSPS) is 18.2. The second-order valence-electron chi connectivity index (χ2n) is 4.13. The molecule has 0 saturated carbocycles. The van der Waals surface area contributed by atoms with Crippen LogP contribution in [-0.4, -0.2) is 24.2 Å². The maximum Gasteiger partial charge on any atom is 0.298 e. The van der Waals surface area contributed by atoms with E-state index in [9.17, 15) is 4.39 Å². The highest BCUT2D eigenvalue weighted by atomic mass is 19.1. The van der Waals surface area contributed by atoms with Gasteiger partial charge in [-0.25, -0.2) is 4.39 Å². The Labute approximate surface area is 92.9 Å². The van der Waals surface area contributed by atoms with Crippen molar-refractivity contribution in [3.05, 3.63) is 24.3 Å². The van der Waals surface area contributed by atoms with Gasteiger partial charge in [0.25, 0.3) is 6.01 Å². The van der Waals surface area contributed by atoms with Crippen molar-refractivity contribution in [1.82, 2.24) is 4.98 Å². The molecule has 0 aliphatic carbocycles. The van der Waals surface area contributed by atoms with Gasteiger partial charge in [-0.15, -0.1) is 0 Å². The van der Waals surface area contributed by atoms with Crippen LogP contribution in [0.1, 0.15) is 12.8 Å². The molecule has 2 aromatic rings. The molecule has 3 rings (SSSR count). The number of nitrogens with zero attached hydrogens (tertiary/aromatic N) is 2. The van der Waals surface area contributed by atoms with E-state index in [4.69, 9.17) is 4.42 Å². The molecular weight excluding hydrogens is 207 g/mol. The van der Waals surface area contributed by atoms with E-state index in [0.29, 0.717) is 31.9 Å². The van der Waals surface area contributed by atoms with E-state index in [0.717, 1.165) is 11.1 Å². The molecule has 1 aromatic carbocycles. The number of piperidine rings is 1. The fourth-order valence-corrected chi connectivity index (χ4v) is 2.03. The number of benzene rings is 1. The van der Waals surface area contributed by atoms with Crippen molar-refractivity contribution in [2.75, 3.05) is 18.0 Å². The molecule has 0 amide bonds. The number of halogens is 1. The smallest absolute Gasteiger partial charge is 0.298 e. The summed E-state index contributed by atoms with van der Waals surface area (Å²) in [6, 6.07) is 8.29. The highest BCUT2D eigenvalue weighted by Gasteiger charge is 2.21. The fourth-order valence-electron chi connectivity index (χ4n) is 2.03. The average molecular weight is 220 g/mol. The van der Waals surface area contributed by atoms with Crippen molar-refractivity contribution in [3.8, 4) is 0 Å². The lowest BCUT2D eigenvalue weighted by Crippen LogP contribution is -2.34. The molecule has 0 atom stereocenters. The third-order valence-electron chi connectivity index (χ3n) is 2.98. The Balaban J connectivity index is 1.88. The molecule has 16 heavy (non-hydrogen) atoms. The van der Waals surface area contributed by atoms with Crippen LogP contribution in [0, 0.1) is 0 Å². The Kier molecular flexibility index (Phi) is 2.27. The predicted octanol–water partition coefficient (Wildman–Crippen LogP) is 2.77. The van der Waals surface area contributed by atoms with Gasteiger partial charge in [0.15, 0.2) is 5.58 Å². The molecule has 1 aliphatic rings. The molecule has 1 saturated heterocycles.